The highest BCUT2D eigenvalue weighted by Gasteiger charge is 2.25. The first-order valence-corrected chi connectivity index (χ1v) is 10.2. The lowest BCUT2D eigenvalue weighted by molar-refractivity contribution is -0.123. The molecule has 6 heteroatoms. The van der Waals surface area contributed by atoms with Crippen molar-refractivity contribution in [2.45, 2.75) is 0 Å². The summed E-state index contributed by atoms with van der Waals surface area (Å²) in [5, 5.41) is 5.52. The van der Waals surface area contributed by atoms with E-state index >= 15 is 0 Å². The van der Waals surface area contributed by atoms with Crippen LogP contribution in [0.15, 0.2) is 90.0 Å². The topological polar surface area (TPSA) is 35.9 Å². The number of nitrogens with zero attached hydrogens (tertiary/aromatic N) is 3. The molecule has 0 bridgehead atoms. The maximum absolute atomic E-state index is 11.8. The zero-order chi connectivity index (χ0) is 19.3. The van der Waals surface area contributed by atoms with Crippen LogP contribution in [0.5, 0.6) is 0 Å². The first-order valence-electron chi connectivity index (χ1n) is 8.76. The van der Waals surface area contributed by atoms with Gasteiger partial charge in [0.2, 0.25) is 0 Å². The van der Waals surface area contributed by atoms with E-state index < -0.39 is 0 Å². The Morgan fingerprint density at radius 2 is 1.39 bits per heavy atom. The lowest BCUT2D eigenvalue weighted by atomic mass is 10.1. The molecule has 0 atom stereocenters. The molecule has 3 aromatic rings. The van der Waals surface area contributed by atoms with Crippen LogP contribution in [0, 0.1) is 0 Å². The first-order chi connectivity index (χ1) is 13.7. The minimum atomic E-state index is -0.0813. The molecular weight excluding hydrogens is 386 g/mol. The van der Waals surface area contributed by atoms with Gasteiger partial charge in [-0.05, 0) is 42.0 Å². The third-order valence-corrected chi connectivity index (χ3v) is 5.57. The van der Waals surface area contributed by atoms with Crippen LogP contribution in [0.4, 0.5) is 17.1 Å². The summed E-state index contributed by atoms with van der Waals surface area (Å²) < 4.78 is 0.497. The Balaban J connectivity index is 1.62. The number of amides is 1. The van der Waals surface area contributed by atoms with Gasteiger partial charge in [0.05, 0.1) is 12.0 Å². The summed E-state index contributed by atoms with van der Waals surface area (Å²) in [7, 11) is 0. The number of hydrogen-bond donors (Lipinski definition) is 0. The Kier molecular flexibility index (Phi) is 5.50. The number of hydrazone groups is 1. The van der Waals surface area contributed by atoms with Crippen LogP contribution in [0.1, 0.15) is 5.56 Å². The standard InChI is InChI=1S/C22H17N3OS2/c26-21-16-28-22(27)25(21)23-15-17-11-13-20(14-12-17)24(18-7-3-1-4-8-18)19-9-5-2-6-10-19/h1-15H,16H2. The average molecular weight is 404 g/mol. The molecule has 0 N–H and O–H groups in total. The summed E-state index contributed by atoms with van der Waals surface area (Å²) in [4.78, 5) is 14.0. The predicted octanol–water partition coefficient (Wildman–Crippen LogP) is 5.35. The van der Waals surface area contributed by atoms with E-state index in [0.29, 0.717) is 10.1 Å². The fraction of sp³-hybridized carbons (Fsp3) is 0.0455. The average Bonchev–Trinajstić information content (AvgIpc) is 3.07. The van der Waals surface area contributed by atoms with Crippen LogP contribution in [0.25, 0.3) is 0 Å². The second-order valence-electron chi connectivity index (χ2n) is 6.10. The van der Waals surface area contributed by atoms with Crippen LogP contribution in [-0.2, 0) is 4.79 Å². The van der Waals surface area contributed by atoms with E-state index in [2.05, 4.69) is 34.3 Å². The van der Waals surface area contributed by atoms with Crippen molar-refractivity contribution in [3.63, 3.8) is 0 Å². The molecule has 0 aromatic heterocycles. The normalized spacial score (nSPS) is 14.1. The number of benzene rings is 3. The van der Waals surface area contributed by atoms with Crippen LogP contribution >= 0.6 is 24.0 Å². The molecule has 1 amide bonds. The Bertz CT molecular complexity index is 949. The predicted molar refractivity (Wildman–Crippen MR) is 121 cm³/mol. The zero-order valence-corrected chi connectivity index (χ0v) is 16.6. The summed E-state index contributed by atoms with van der Waals surface area (Å²) in [5.41, 5.74) is 4.11. The molecule has 4 rings (SSSR count). The summed E-state index contributed by atoms with van der Waals surface area (Å²) >= 11 is 6.48. The molecule has 1 fully saturated rings. The highest BCUT2D eigenvalue weighted by molar-refractivity contribution is 8.23. The molecular formula is C22H17N3OS2. The maximum atomic E-state index is 11.8. The van der Waals surface area contributed by atoms with Gasteiger partial charge in [0.25, 0.3) is 5.91 Å². The van der Waals surface area contributed by atoms with Gasteiger partial charge in [0.15, 0.2) is 4.32 Å². The fourth-order valence-corrected chi connectivity index (χ4v) is 3.86. The third kappa shape index (κ3) is 3.98. The van der Waals surface area contributed by atoms with E-state index in [9.17, 15) is 4.79 Å². The van der Waals surface area contributed by atoms with Crippen molar-refractivity contribution in [3.8, 4) is 0 Å². The summed E-state index contributed by atoms with van der Waals surface area (Å²) in [5.74, 6) is 0.278. The van der Waals surface area contributed by atoms with Crippen LogP contribution in [0.2, 0.25) is 0 Å². The largest absolute Gasteiger partial charge is 0.311 e. The van der Waals surface area contributed by atoms with E-state index in [0.717, 1.165) is 22.6 Å². The molecule has 0 aliphatic carbocycles. The number of thiocarbonyl (C=S) groups is 1. The zero-order valence-electron chi connectivity index (χ0n) is 14.9. The van der Waals surface area contributed by atoms with Crippen molar-refractivity contribution in [1.29, 1.82) is 0 Å². The smallest absolute Gasteiger partial charge is 0.259 e. The van der Waals surface area contributed by atoms with Gasteiger partial charge in [-0.2, -0.15) is 10.1 Å². The SMILES string of the molecule is O=C1CSC(=S)N1N=Cc1ccc(N(c2ccccc2)c2ccccc2)cc1. The molecule has 28 heavy (non-hydrogen) atoms. The summed E-state index contributed by atoms with van der Waals surface area (Å²) in [6.07, 6.45) is 1.66. The minimum absolute atomic E-state index is 0.0813. The first kappa shape index (κ1) is 18.4. The molecule has 0 spiro atoms. The van der Waals surface area contributed by atoms with Crippen molar-refractivity contribution < 1.29 is 4.79 Å². The summed E-state index contributed by atoms with van der Waals surface area (Å²) in [6.45, 7) is 0. The van der Waals surface area contributed by atoms with Crippen molar-refractivity contribution in [2.24, 2.45) is 5.10 Å². The molecule has 1 aliphatic rings. The third-order valence-electron chi connectivity index (χ3n) is 4.23. The molecule has 1 heterocycles. The number of rotatable bonds is 5. The van der Waals surface area contributed by atoms with E-state index in [1.807, 2.05) is 60.7 Å². The van der Waals surface area contributed by atoms with E-state index in [-0.39, 0.29) is 5.91 Å². The molecule has 3 aromatic carbocycles. The van der Waals surface area contributed by atoms with Gasteiger partial charge in [0, 0.05) is 17.1 Å². The second-order valence-corrected chi connectivity index (χ2v) is 7.71. The minimum Gasteiger partial charge on any atom is -0.311 e. The fourth-order valence-electron chi connectivity index (χ4n) is 2.89. The Morgan fingerprint density at radius 3 is 1.89 bits per heavy atom. The molecule has 138 valence electrons. The van der Waals surface area contributed by atoms with Crippen LogP contribution < -0.4 is 4.90 Å². The van der Waals surface area contributed by atoms with Crippen molar-refractivity contribution in [3.05, 3.63) is 90.5 Å². The highest BCUT2D eigenvalue weighted by atomic mass is 32.2. The van der Waals surface area contributed by atoms with Gasteiger partial charge in [-0.15, -0.1) is 0 Å². The molecule has 4 nitrogen and oxygen atoms in total. The van der Waals surface area contributed by atoms with Crippen LogP contribution in [-0.4, -0.2) is 27.2 Å². The van der Waals surface area contributed by atoms with Gasteiger partial charge in [-0.3, -0.25) is 4.79 Å². The maximum Gasteiger partial charge on any atom is 0.259 e. The number of para-hydroxylation sites is 2. The number of hydrogen-bond acceptors (Lipinski definition) is 5. The molecule has 0 saturated carbocycles. The number of thioether (sulfide) groups is 1. The molecule has 1 aliphatic heterocycles. The Hall–Kier alpha value is -2.96. The summed E-state index contributed by atoms with van der Waals surface area (Å²) in [6, 6.07) is 28.5. The van der Waals surface area contributed by atoms with Gasteiger partial charge in [-0.1, -0.05) is 72.5 Å². The number of carbonyl (C=O) groups excluding carboxylic acids is 1. The lowest BCUT2D eigenvalue weighted by Gasteiger charge is -2.25. The van der Waals surface area contributed by atoms with E-state index in [1.165, 1.54) is 16.8 Å². The molecule has 0 unspecified atom stereocenters. The monoisotopic (exact) mass is 403 g/mol. The Morgan fingerprint density at radius 1 is 0.857 bits per heavy atom. The lowest BCUT2D eigenvalue weighted by Crippen LogP contribution is -2.22. The Labute approximate surface area is 173 Å². The molecule has 1 saturated heterocycles. The van der Waals surface area contributed by atoms with Gasteiger partial charge < -0.3 is 4.90 Å². The second kappa shape index (κ2) is 8.37. The molecule has 0 radical (unpaired) electrons. The van der Waals surface area contributed by atoms with Crippen molar-refractivity contribution in [1.82, 2.24) is 5.01 Å². The van der Waals surface area contributed by atoms with Gasteiger partial charge in [-0.25, -0.2) is 0 Å². The van der Waals surface area contributed by atoms with Crippen LogP contribution in [0.3, 0.4) is 0 Å². The highest BCUT2D eigenvalue weighted by Crippen LogP contribution is 2.33. The van der Waals surface area contributed by atoms with Gasteiger partial charge in [0.1, 0.15) is 0 Å². The van der Waals surface area contributed by atoms with Crippen molar-refractivity contribution >= 4 is 57.5 Å². The van der Waals surface area contributed by atoms with E-state index in [1.54, 1.807) is 6.21 Å². The van der Waals surface area contributed by atoms with E-state index in [4.69, 9.17) is 12.2 Å². The quantitative estimate of drug-likeness (QED) is 0.425. The van der Waals surface area contributed by atoms with Gasteiger partial charge >= 0.3 is 0 Å². The number of carbonyl (C=O) groups is 1. The number of anilines is 3. The van der Waals surface area contributed by atoms with Crippen molar-refractivity contribution in [2.75, 3.05) is 10.7 Å².